The summed E-state index contributed by atoms with van der Waals surface area (Å²) in [6, 6.07) is 9.64. The van der Waals surface area contributed by atoms with Crippen LogP contribution in [-0.4, -0.2) is 15.0 Å². The molecule has 0 aliphatic carbocycles. The van der Waals surface area contributed by atoms with Gasteiger partial charge < -0.3 is 5.73 Å². The van der Waals surface area contributed by atoms with Crippen LogP contribution in [0.4, 0.5) is 5.95 Å². The third-order valence-electron chi connectivity index (χ3n) is 1.62. The number of hydrogen-bond donors (Lipinski definition) is 1. The van der Waals surface area contributed by atoms with Crippen LogP contribution in [-0.2, 0) is 0 Å². The zero-order chi connectivity index (χ0) is 9.10. The fourth-order valence-electron chi connectivity index (χ4n) is 1.04. The Morgan fingerprint density at radius 2 is 1.77 bits per heavy atom. The number of nitrogens with two attached hydrogens (primary N) is 1. The first-order chi connectivity index (χ1) is 6.36. The van der Waals surface area contributed by atoms with Gasteiger partial charge >= 0.3 is 0 Å². The Morgan fingerprint density at radius 3 is 2.46 bits per heavy atom. The minimum atomic E-state index is 0.244. The minimum Gasteiger partial charge on any atom is -0.368 e. The van der Waals surface area contributed by atoms with Crippen LogP contribution in [0.1, 0.15) is 0 Å². The molecule has 4 heteroatoms. The summed E-state index contributed by atoms with van der Waals surface area (Å²) in [5.74, 6) is 0.849. The van der Waals surface area contributed by atoms with Crippen LogP contribution in [0.15, 0.2) is 36.7 Å². The van der Waals surface area contributed by atoms with E-state index in [-0.39, 0.29) is 5.95 Å². The first-order valence-electron chi connectivity index (χ1n) is 3.86. The smallest absolute Gasteiger partial charge is 0.223 e. The van der Waals surface area contributed by atoms with Crippen molar-refractivity contribution in [3.05, 3.63) is 36.7 Å². The van der Waals surface area contributed by atoms with Gasteiger partial charge in [-0.15, -0.1) is 0 Å². The van der Waals surface area contributed by atoms with E-state index < -0.39 is 0 Å². The number of nitrogens with zero attached hydrogens (tertiary/aromatic N) is 3. The Morgan fingerprint density at radius 1 is 1.00 bits per heavy atom. The minimum absolute atomic E-state index is 0.244. The lowest BCUT2D eigenvalue weighted by Crippen LogP contribution is -1.97. The van der Waals surface area contributed by atoms with Gasteiger partial charge in [0.2, 0.25) is 5.95 Å². The topological polar surface area (TPSA) is 64.7 Å². The monoisotopic (exact) mass is 172 g/mol. The third kappa shape index (κ3) is 1.61. The van der Waals surface area contributed by atoms with Gasteiger partial charge in [0, 0.05) is 5.56 Å². The Labute approximate surface area is 75.5 Å². The van der Waals surface area contributed by atoms with E-state index in [1.807, 2.05) is 30.3 Å². The van der Waals surface area contributed by atoms with E-state index in [1.165, 1.54) is 6.33 Å². The highest BCUT2D eigenvalue weighted by atomic mass is 15.1. The Balaban J connectivity index is 2.48. The van der Waals surface area contributed by atoms with Crippen molar-refractivity contribution < 1.29 is 0 Å². The number of anilines is 1. The molecule has 64 valence electrons. The fraction of sp³-hybridized carbons (Fsp3) is 0. The normalized spacial score (nSPS) is 9.85. The molecule has 0 saturated carbocycles. The maximum atomic E-state index is 5.43. The van der Waals surface area contributed by atoms with Gasteiger partial charge in [-0.25, -0.2) is 9.97 Å². The summed E-state index contributed by atoms with van der Waals surface area (Å²) in [6.07, 6.45) is 1.41. The molecule has 0 amide bonds. The van der Waals surface area contributed by atoms with Crippen LogP contribution in [0.3, 0.4) is 0 Å². The van der Waals surface area contributed by atoms with Gasteiger partial charge in [0.05, 0.1) is 0 Å². The molecule has 13 heavy (non-hydrogen) atoms. The van der Waals surface area contributed by atoms with Crippen LogP contribution in [0.25, 0.3) is 11.4 Å². The molecule has 0 unspecified atom stereocenters. The molecular weight excluding hydrogens is 164 g/mol. The van der Waals surface area contributed by atoms with Crippen molar-refractivity contribution in [3.63, 3.8) is 0 Å². The van der Waals surface area contributed by atoms with E-state index in [2.05, 4.69) is 15.0 Å². The molecule has 0 radical (unpaired) electrons. The number of nitrogen functional groups attached to an aromatic ring is 1. The standard InChI is InChI=1S/C9H8N4/c10-9-12-6-11-8(13-9)7-4-2-1-3-5-7/h1-6H,(H2,10,11,12,13). The molecule has 0 aliphatic heterocycles. The summed E-state index contributed by atoms with van der Waals surface area (Å²) < 4.78 is 0. The summed E-state index contributed by atoms with van der Waals surface area (Å²) in [5.41, 5.74) is 6.38. The van der Waals surface area contributed by atoms with Gasteiger partial charge in [-0.2, -0.15) is 4.98 Å². The number of benzene rings is 1. The summed E-state index contributed by atoms with van der Waals surface area (Å²) in [5, 5.41) is 0. The number of hydrogen-bond acceptors (Lipinski definition) is 4. The summed E-state index contributed by atoms with van der Waals surface area (Å²) in [4.78, 5) is 11.7. The van der Waals surface area contributed by atoms with Gasteiger partial charge in [0.15, 0.2) is 5.82 Å². The highest BCUT2D eigenvalue weighted by Crippen LogP contribution is 2.12. The largest absolute Gasteiger partial charge is 0.368 e. The second-order valence-corrected chi connectivity index (χ2v) is 2.53. The van der Waals surface area contributed by atoms with Gasteiger partial charge in [0.1, 0.15) is 6.33 Å². The quantitative estimate of drug-likeness (QED) is 0.700. The lowest BCUT2D eigenvalue weighted by molar-refractivity contribution is 1.07. The van der Waals surface area contributed by atoms with Gasteiger partial charge in [0.25, 0.3) is 0 Å². The van der Waals surface area contributed by atoms with Crippen molar-refractivity contribution in [1.29, 1.82) is 0 Å². The van der Waals surface area contributed by atoms with E-state index in [0.717, 1.165) is 5.56 Å². The molecule has 0 fully saturated rings. The van der Waals surface area contributed by atoms with Crippen molar-refractivity contribution in [2.75, 3.05) is 5.73 Å². The number of rotatable bonds is 1. The van der Waals surface area contributed by atoms with Gasteiger partial charge in [-0.1, -0.05) is 30.3 Å². The molecule has 2 aromatic rings. The lowest BCUT2D eigenvalue weighted by Gasteiger charge is -1.98. The average molecular weight is 172 g/mol. The Bertz CT molecular complexity index is 399. The van der Waals surface area contributed by atoms with Crippen molar-refractivity contribution in [1.82, 2.24) is 15.0 Å². The van der Waals surface area contributed by atoms with Crippen LogP contribution in [0.2, 0.25) is 0 Å². The van der Waals surface area contributed by atoms with E-state index >= 15 is 0 Å². The SMILES string of the molecule is Nc1ncnc(-c2ccccc2)n1. The first-order valence-corrected chi connectivity index (χ1v) is 3.86. The highest BCUT2D eigenvalue weighted by molar-refractivity contribution is 5.54. The van der Waals surface area contributed by atoms with Crippen molar-refractivity contribution in [3.8, 4) is 11.4 Å². The van der Waals surface area contributed by atoms with Crippen molar-refractivity contribution in [2.45, 2.75) is 0 Å². The molecule has 0 atom stereocenters. The molecule has 0 aliphatic rings. The molecule has 0 saturated heterocycles. The van der Waals surface area contributed by atoms with Crippen LogP contribution in [0, 0.1) is 0 Å². The molecule has 2 N–H and O–H groups in total. The molecule has 1 aromatic carbocycles. The molecule has 1 aromatic heterocycles. The summed E-state index contributed by atoms with van der Waals surface area (Å²) >= 11 is 0. The molecule has 1 heterocycles. The van der Waals surface area contributed by atoms with Crippen LogP contribution >= 0.6 is 0 Å². The third-order valence-corrected chi connectivity index (χ3v) is 1.62. The molecule has 0 spiro atoms. The van der Waals surface area contributed by atoms with E-state index in [0.29, 0.717) is 5.82 Å². The molecule has 2 rings (SSSR count). The average Bonchev–Trinajstić information content (AvgIpc) is 2.19. The Kier molecular flexibility index (Phi) is 1.88. The van der Waals surface area contributed by atoms with Crippen molar-refractivity contribution in [2.24, 2.45) is 0 Å². The predicted molar refractivity (Wildman–Crippen MR) is 49.7 cm³/mol. The maximum absolute atomic E-state index is 5.43. The summed E-state index contributed by atoms with van der Waals surface area (Å²) in [6.45, 7) is 0. The lowest BCUT2D eigenvalue weighted by atomic mass is 10.2. The zero-order valence-corrected chi connectivity index (χ0v) is 6.88. The molecular formula is C9H8N4. The second kappa shape index (κ2) is 3.18. The van der Waals surface area contributed by atoms with E-state index in [1.54, 1.807) is 0 Å². The fourth-order valence-corrected chi connectivity index (χ4v) is 1.04. The molecule has 0 bridgehead atoms. The van der Waals surface area contributed by atoms with E-state index in [4.69, 9.17) is 5.73 Å². The van der Waals surface area contributed by atoms with Gasteiger partial charge in [-0.05, 0) is 0 Å². The number of aromatic nitrogens is 3. The van der Waals surface area contributed by atoms with Gasteiger partial charge in [-0.3, -0.25) is 0 Å². The zero-order valence-electron chi connectivity index (χ0n) is 6.88. The summed E-state index contributed by atoms with van der Waals surface area (Å²) in [7, 11) is 0. The van der Waals surface area contributed by atoms with Crippen molar-refractivity contribution >= 4 is 5.95 Å². The van der Waals surface area contributed by atoms with Crippen LogP contribution in [0.5, 0.6) is 0 Å². The van der Waals surface area contributed by atoms with Crippen LogP contribution < -0.4 is 5.73 Å². The van der Waals surface area contributed by atoms with E-state index in [9.17, 15) is 0 Å². The Hall–Kier alpha value is -1.97. The first kappa shape index (κ1) is 7.67. The maximum Gasteiger partial charge on any atom is 0.223 e. The highest BCUT2D eigenvalue weighted by Gasteiger charge is 1.99. The molecule has 4 nitrogen and oxygen atoms in total. The predicted octanol–water partition coefficient (Wildman–Crippen LogP) is 1.12. The second-order valence-electron chi connectivity index (χ2n) is 2.53.